The summed E-state index contributed by atoms with van der Waals surface area (Å²) >= 11 is 0. The summed E-state index contributed by atoms with van der Waals surface area (Å²) in [6.07, 6.45) is 20.2. The molecule has 212 valence electrons. The molecule has 0 bridgehead atoms. The second kappa shape index (κ2) is 16.1. The molecule has 5 rings (SSSR count). The van der Waals surface area contributed by atoms with Crippen molar-refractivity contribution in [3.05, 3.63) is 81.8 Å². The Kier molecular flexibility index (Phi) is 12.0. The quantitative estimate of drug-likeness (QED) is 0.127. The summed E-state index contributed by atoms with van der Waals surface area (Å²) in [7, 11) is 0. The number of para-hydroxylation sites is 2. The lowest BCUT2D eigenvalue weighted by atomic mass is 10.0. The molecule has 0 atom stereocenters. The first-order valence-corrected chi connectivity index (χ1v) is 15.7. The van der Waals surface area contributed by atoms with E-state index in [1.165, 1.54) is 105 Å². The van der Waals surface area contributed by atoms with Crippen molar-refractivity contribution in [1.29, 1.82) is 0 Å². The van der Waals surface area contributed by atoms with E-state index in [0.717, 1.165) is 34.9 Å². The summed E-state index contributed by atoms with van der Waals surface area (Å²) in [4.78, 5) is 19.9. The summed E-state index contributed by atoms with van der Waals surface area (Å²) in [5.74, 6) is -0.653. The number of carbonyl (C=O) groups is 1. The largest absolute Gasteiger partial charge is 0.481 e. The molecule has 40 heavy (non-hydrogen) atoms. The summed E-state index contributed by atoms with van der Waals surface area (Å²) in [5.41, 5.74) is 4.48. The molecular weight excluding hydrogens is 492 g/mol. The molecule has 4 heteroatoms. The van der Waals surface area contributed by atoms with Crippen molar-refractivity contribution < 1.29 is 9.90 Å². The molecule has 0 radical (unpaired) electrons. The highest BCUT2D eigenvalue weighted by Crippen LogP contribution is 2.38. The summed E-state index contributed by atoms with van der Waals surface area (Å²) in [5, 5.41) is 13.0. The van der Waals surface area contributed by atoms with Crippen LogP contribution in [0.5, 0.6) is 0 Å². The fourth-order valence-corrected chi connectivity index (χ4v) is 5.75. The first-order valence-electron chi connectivity index (χ1n) is 15.7. The molecule has 3 aromatic carbocycles. The van der Waals surface area contributed by atoms with Gasteiger partial charge in [-0.2, -0.15) is 0 Å². The second-order valence-corrected chi connectivity index (χ2v) is 11.2. The van der Waals surface area contributed by atoms with E-state index in [4.69, 9.17) is 15.1 Å². The Labute approximate surface area is 239 Å². The van der Waals surface area contributed by atoms with Crippen LogP contribution in [-0.4, -0.2) is 11.1 Å². The van der Waals surface area contributed by atoms with Crippen LogP contribution in [0.15, 0.2) is 70.6 Å². The Hall–Kier alpha value is -3.27. The highest BCUT2D eigenvalue weighted by molar-refractivity contribution is 5.86. The molecule has 2 aliphatic heterocycles. The smallest absolute Gasteiger partial charge is 0.303 e. The zero-order valence-electron chi connectivity index (χ0n) is 24.3. The van der Waals surface area contributed by atoms with Gasteiger partial charge in [-0.1, -0.05) is 133 Å². The molecule has 0 amide bonds. The minimum Gasteiger partial charge on any atom is -0.481 e. The average Bonchev–Trinajstić information content (AvgIpc) is 3.53. The maximum Gasteiger partial charge on any atom is 0.303 e. The van der Waals surface area contributed by atoms with Crippen molar-refractivity contribution in [1.82, 2.24) is 0 Å². The molecule has 4 nitrogen and oxygen atoms in total. The van der Waals surface area contributed by atoms with Crippen LogP contribution in [0.3, 0.4) is 0 Å². The number of aliphatic carboxylic acids is 1. The van der Waals surface area contributed by atoms with Gasteiger partial charge in [0.25, 0.3) is 0 Å². The van der Waals surface area contributed by atoms with Gasteiger partial charge in [0.05, 0.1) is 22.1 Å². The molecule has 0 aromatic heterocycles. The average molecular weight is 539 g/mol. The summed E-state index contributed by atoms with van der Waals surface area (Å²) in [6.45, 7) is 2.27. The highest BCUT2D eigenvalue weighted by Gasteiger charge is 2.19. The number of rotatable bonds is 16. The molecule has 0 spiro atoms. The third kappa shape index (κ3) is 8.36. The predicted octanol–water partition coefficient (Wildman–Crippen LogP) is 9.50. The molecule has 0 saturated carbocycles. The lowest BCUT2D eigenvalue weighted by molar-refractivity contribution is -0.137. The van der Waals surface area contributed by atoms with Gasteiger partial charge in [-0.05, 0) is 30.7 Å². The van der Waals surface area contributed by atoms with Gasteiger partial charge in [0.15, 0.2) is 0 Å². The van der Waals surface area contributed by atoms with E-state index in [2.05, 4.69) is 55.5 Å². The molecule has 3 aromatic rings. The normalized spacial score (nSPS) is 11.8. The molecule has 0 unspecified atom stereocenters. The van der Waals surface area contributed by atoms with Crippen molar-refractivity contribution in [3.8, 4) is 11.1 Å². The van der Waals surface area contributed by atoms with Crippen molar-refractivity contribution in [2.24, 2.45) is 9.98 Å². The van der Waals surface area contributed by atoms with Gasteiger partial charge in [0.1, 0.15) is 0 Å². The van der Waals surface area contributed by atoms with E-state index in [9.17, 15) is 4.79 Å². The van der Waals surface area contributed by atoms with Crippen molar-refractivity contribution in [3.63, 3.8) is 0 Å². The first kappa shape index (κ1) is 29.7. The van der Waals surface area contributed by atoms with Crippen molar-refractivity contribution >= 4 is 17.3 Å². The van der Waals surface area contributed by atoms with Crippen LogP contribution in [0, 0.1) is 10.4 Å². The fraction of sp³-hybridized carbons (Fsp3) is 0.472. The van der Waals surface area contributed by atoms with Crippen molar-refractivity contribution in [2.75, 3.05) is 0 Å². The van der Waals surface area contributed by atoms with Crippen LogP contribution >= 0.6 is 0 Å². The maximum absolute atomic E-state index is 10.3. The van der Waals surface area contributed by atoms with Gasteiger partial charge >= 0.3 is 5.97 Å². The third-order valence-corrected chi connectivity index (χ3v) is 7.99. The van der Waals surface area contributed by atoms with E-state index in [1.54, 1.807) is 0 Å². The second-order valence-electron chi connectivity index (χ2n) is 11.2. The van der Waals surface area contributed by atoms with E-state index < -0.39 is 5.97 Å². The SMILES string of the molecule is CCCCCCCCCCCCCCCCCC(=O)O.c1ccc2c(c1)N=c1ccc3c(c1-2)N=c1ccccc1=3. The highest BCUT2D eigenvalue weighted by atomic mass is 16.4. The van der Waals surface area contributed by atoms with E-state index in [-0.39, 0.29) is 0 Å². The Morgan fingerprint density at radius 3 is 1.82 bits per heavy atom. The third-order valence-electron chi connectivity index (χ3n) is 7.99. The lowest BCUT2D eigenvalue weighted by Gasteiger charge is -2.03. The van der Waals surface area contributed by atoms with E-state index in [0.29, 0.717) is 6.42 Å². The maximum atomic E-state index is 10.3. The van der Waals surface area contributed by atoms with Crippen LogP contribution in [0.4, 0.5) is 11.4 Å². The number of carboxylic acids is 1. The van der Waals surface area contributed by atoms with Crippen LogP contribution in [0.25, 0.3) is 11.1 Å². The molecule has 0 aliphatic carbocycles. The lowest BCUT2D eigenvalue weighted by Crippen LogP contribution is -2.00. The number of carboxylic acid groups (broad SMARTS) is 1. The number of fused-ring (bicyclic) bond motifs is 6. The molecule has 0 fully saturated rings. The number of hydrogen-bond donors (Lipinski definition) is 1. The molecule has 0 saturated heterocycles. The predicted molar refractivity (Wildman–Crippen MR) is 165 cm³/mol. The number of benzene rings is 3. The van der Waals surface area contributed by atoms with Crippen LogP contribution in [0.2, 0.25) is 0 Å². The summed E-state index contributed by atoms with van der Waals surface area (Å²) in [6, 6.07) is 20.8. The van der Waals surface area contributed by atoms with Crippen LogP contribution < -0.4 is 10.7 Å². The number of hydrogen-bond acceptors (Lipinski definition) is 3. The van der Waals surface area contributed by atoms with E-state index in [1.807, 2.05) is 12.1 Å². The minimum absolute atomic E-state index is 0.345. The van der Waals surface area contributed by atoms with Crippen LogP contribution in [0.1, 0.15) is 110 Å². The molecule has 2 aliphatic rings. The molecule has 2 heterocycles. The minimum atomic E-state index is -0.653. The zero-order valence-corrected chi connectivity index (χ0v) is 24.3. The van der Waals surface area contributed by atoms with Gasteiger partial charge in [-0.15, -0.1) is 0 Å². The Morgan fingerprint density at radius 2 is 1.18 bits per heavy atom. The van der Waals surface area contributed by atoms with Gasteiger partial charge in [-0.3, -0.25) is 4.79 Å². The van der Waals surface area contributed by atoms with E-state index >= 15 is 0 Å². The topological polar surface area (TPSA) is 62.0 Å². The van der Waals surface area contributed by atoms with Gasteiger partial charge in [0, 0.05) is 28.0 Å². The Morgan fingerprint density at radius 1 is 0.600 bits per heavy atom. The monoisotopic (exact) mass is 538 g/mol. The van der Waals surface area contributed by atoms with Gasteiger partial charge < -0.3 is 5.11 Å². The Balaban J connectivity index is 0.000000185. The Bertz CT molecular complexity index is 1460. The number of nitrogens with zero attached hydrogens (tertiary/aromatic N) is 2. The number of unbranched alkanes of at least 4 members (excludes halogenated alkanes) is 14. The molecular formula is C36H46N2O2. The first-order chi connectivity index (χ1) is 19.7. The fourth-order valence-electron chi connectivity index (χ4n) is 5.75. The standard InChI is InChI=1S/C18H10N2.C18H36O2/c1-3-7-14-11(5-1)12-9-10-16-17(18(12)20-14)13-6-2-4-8-15(13)19-16;1-2-3-4-5-6-7-8-9-10-11-12-13-14-15-16-17-18(19)20/h1-10H;2-17H2,1H3,(H,19,20). The van der Waals surface area contributed by atoms with Crippen molar-refractivity contribution in [2.45, 2.75) is 110 Å². The van der Waals surface area contributed by atoms with Crippen LogP contribution in [-0.2, 0) is 4.79 Å². The van der Waals surface area contributed by atoms with Gasteiger partial charge in [0.2, 0.25) is 0 Å². The molecule has 1 N–H and O–H groups in total. The zero-order chi connectivity index (χ0) is 28.0. The summed E-state index contributed by atoms with van der Waals surface area (Å²) < 4.78 is 0. The van der Waals surface area contributed by atoms with Gasteiger partial charge in [-0.25, -0.2) is 9.98 Å².